The summed E-state index contributed by atoms with van der Waals surface area (Å²) >= 11 is 0. The summed E-state index contributed by atoms with van der Waals surface area (Å²) in [6.07, 6.45) is -0.817. The van der Waals surface area contributed by atoms with Crippen molar-refractivity contribution < 1.29 is 22.8 Å². The number of nitrogens with one attached hydrogen (secondary N) is 1. The van der Waals surface area contributed by atoms with Crippen molar-refractivity contribution in [1.29, 1.82) is 0 Å². The molecule has 0 radical (unpaired) electrons. The van der Waals surface area contributed by atoms with E-state index >= 15 is 0 Å². The standard InChI is InChI=1S/C26H26F3N7O2/c1-2-3-13-35-14-5-4-6-19(35)24-34-21(22(23(30)37)36(24)31)16-7-9-17(10-8-16)25(38)33-20-15-18(11-12-32-20)26(27,28)29/h7-12,15,19H,4-6,13-14,31H2,1H3,(H2,30,37)(H,32,33,38). The zero-order valence-electron chi connectivity index (χ0n) is 20.5. The summed E-state index contributed by atoms with van der Waals surface area (Å²) in [7, 11) is 0. The van der Waals surface area contributed by atoms with Crippen LogP contribution >= 0.6 is 0 Å². The molecule has 2 amide bonds. The molecule has 5 N–H and O–H groups in total. The van der Waals surface area contributed by atoms with E-state index in [9.17, 15) is 22.8 Å². The van der Waals surface area contributed by atoms with Gasteiger partial charge in [0.05, 0.1) is 18.2 Å². The van der Waals surface area contributed by atoms with Crippen LogP contribution in [0.1, 0.15) is 64.5 Å². The monoisotopic (exact) mass is 525 g/mol. The van der Waals surface area contributed by atoms with Gasteiger partial charge in [-0.15, -0.1) is 5.92 Å². The van der Waals surface area contributed by atoms with Crippen molar-refractivity contribution in [3.63, 3.8) is 0 Å². The third kappa shape index (κ3) is 5.63. The minimum absolute atomic E-state index is 0.0254. The van der Waals surface area contributed by atoms with Crippen LogP contribution in [0.25, 0.3) is 11.3 Å². The molecule has 198 valence electrons. The summed E-state index contributed by atoms with van der Waals surface area (Å²) in [5.41, 5.74) is 5.68. The van der Waals surface area contributed by atoms with Gasteiger partial charge >= 0.3 is 6.18 Å². The predicted octanol–water partition coefficient (Wildman–Crippen LogP) is 3.58. The van der Waals surface area contributed by atoms with E-state index in [0.29, 0.717) is 17.9 Å². The number of aromatic nitrogens is 3. The Bertz CT molecular complexity index is 1400. The second kappa shape index (κ2) is 10.9. The zero-order chi connectivity index (χ0) is 27.4. The molecule has 1 saturated heterocycles. The first kappa shape index (κ1) is 26.7. The Kier molecular flexibility index (Phi) is 7.68. The largest absolute Gasteiger partial charge is 0.416 e. The number of piperidine rings is 1. The molecule has 1 unspecified atom stereocenters. The number of carbonyl (C=O) groups excluding carboxylic acids is 2. The molecule has 1 atom stereocenters. The normalized spacial score (nSPS) is 15.9. The lowest BCUT2D eigenvalue weighted by Gasteiger charge is -2.33. The first-order valence-corrected chi connectivity index (χ1v) is 11.9. The Balaban J connectivity index is 1.60. The second-order valence-electron chi connectivity index (χ2n) is 8.77. The molecule has 1 aromatic carbocycles. The SMILES string of the molecule is CC#CCN1CCCCC1c1nc(-c2ccc(C(=O)Nc3cc(C(F)(F)F)ccn3)cc2)c(C(N)=O)n1N. The van der Waals surface area contributed by atoms with Crippen LogP contribution in [0.2, 0.25) is 0 Å². The van der Waals surface area contributed by atoms with E-state index in [1.165, 1.54) is 16.8 Å². The zero-order valence-corrected chi connectivity index (χ0v) is 20.5. The Morgan fingerprint density at radius 1 is 1.18 bits per heavy atom. The second-order valence-corrected chi connectivity index (χ2v) is 8.77. The van der Waals surface area contributed by atoms with Gasteiger partial charge in [0.25, 0.3) is 11.8 Å². The molecule has 0 aliphatic carbocycles. The van der Waals surface area contributed by atoms with Gasteiger partial charge in [-0.2, -0.15) is 13.2 Å². The van der Waals surface area contributed by atoms with E-state index in [-0.39, 0.29) is 28.8 Å². The molecule has 1 fully saturated rings. The van der Waals surface area contributed by atoms with Gasteiger partial charge in [0.15, 0.2) is 5.69 Å². The summed E-state index contributed by atoms with van der Waals surface area (Å²) in [5, 5.41) is 2.36. The van der Waals surface area contributed by atoms with Gasteiger partial charge in [-0.05, 0) is 50.6 Å². The highest BCUT2D eigenvalue weighted by Gasteiger charge is 2.32. The van der Waals surface area contributed by atoms with Gasteiger partial charge in [-0.25, -0.2) is 14.6 Å². The fourth-order valence-corrected chi connectivity index (χ4v) is 4.42. The highest BCUT2D eigenvalue weighted by molar-refractivity contribution is 6.04. The number of primary amides is 1. The van der Waals surface area contributed by atoms with Crippen LogP contribution in [0.15, 0.2) is 42.6 Å². The number of nitrogens with zero attached hydrogens (tertiary/aromatic N) is 4. The summed E-state index contributed by atoms with van der Waals surface area (Å²) in [6, 6.07) is 7.47. The lowest BCUT2D eigenvalue weighted by atomic mass is 10.0. The third-order valence-electron chi connectivity index (χ3n) is 6.29. The molecule has 4 rings (SSSR count). The number of likely N-dealkylation sites (tertiary alicyclic amines) is 1. The fraction of sp³-hybridized carbons (Fsp3) is 0.308. The smallest absolute Gasteiger partial charge is 0.364 e. The topological polar surface area (TPSA) is 132 Å². The van der Waals surface area contributed by atoms with Crippen molar-refractivity contribution in [3.05, 3.63) is 65.2 Å². The molecule has 38 heavy (non-hydrogen) atoms. The van der Waals surface area contributed by atoms with Crippen LogP contribution < -0.4 is 16.9 Å². The molecule has 1 aliphatic heterocycles. The number of hydrogen-bond donors (Lipinski definition) is 3. The molecular formula is C26H26F3N7O2. The van der Waals surface area contributed by atoms with Gasteiger partial charge in [-0.3, -0.25) is 14.5 Å². The Morgan fingerprint density at radius 3 is 2.58 bits per heavy atom. The van der Waals surface area contributed by atoms with Gasteiger partial charge in [0.1, 0.15) is 17.3 Å². The Morgan fingerprint density at radius 2 is 1.92 bits per heavy atom. The van der Waals surface area contributed by atoms with E-state index in [1.807, 2.05) is 0 Å². The molecular weight excluding hydrogens is 499 g/mol. The Labute approximate surface area is 217 Å². The van der Waals surface area contributed by atoms with Crippen molar-refractivity contribution in [3.8, 4) is 23.1 Å². The number of anilines is 1. The first-order chi connectivity index (χ1) is 18.1. The average molecular weight is 526 g/mol. The van der Waals surface area contributed by atoms with E-state index in [0.717, 1.165) is 44.1 Å². The molecule has 0 spiro atoms. The maximum atomic E-state index is 13.0. The number of nitrogen functional groups attached to an aromatic ring is 1. The van der Waals surface area contributed by atoms with E-state index in [1.54, 1.807) is 19.1 Å². The molecule has 0 saturated carbocycles. The average Bonchev–Trinajstić information content (AvgIpc) is 3.24. The number of alkyl halides is 3. The number of hydrogen-bond acceptors (Lipinski definition) is 6. The van der Waals surface area contributed by atoms with Crippen molar-refractivity contribution >= 4 is 17.6 Å². The molecule has 3 heterocycles. The summed E-state index contributed by atoms with van der Waals surface area (Å²) in [4.78, 5) is 35.6. The van der Waals surface area contributed by atoms with Crippen LogP contribution in [-0.2, 0) is 6.18 Å². The maximum absolute atomic E-state index is 13.0. The molecule has 9 nitrogen and oxygen atoms in total. The van der Waals surface area contributed by atoms with Gasteiger partial charge in [-0.1, -0.05) is 24.5 Å². The molecule has 12 heteroatoms. The third-order valence-corrected chi connectivity index (χ3v) is 6.29. The fourth-order valence-electron chi connectivity index (χ4n) is 4.42. The number of halogens is 3. The first-order valence-electron chi connectivity index (χ1n) is 11.9. The number of pyridine rings is 1. The summed E-state index contributed by atoms with van der Waals surface area (Å²) in [6.45, 7) is 3.13. The van der Waals surface area contributed by atoms with E-state index in [4.69, 9.17) is 11.6 Å². The van der Waals surface area contributed by atoms with Crippen molar-refractivity contribution in [1.82, 2.24) is 19.5 Å². The van der Waals surface area contributed by atoms with Crippen molar-refractivity contribution in [2.45, 2.75) is 38.4 Å². The molecule has 1 aliphatic rings. The number of imidazole rings is 1. The summed E-state index contributed by atoms with van der Waals surface area (Å²) in [5.74, 6) is 11.1. The maximum Gasteiger partial charge on any atom is 0.416 e. The number of amides is 2. The Hall–Kier alpha value is -4.37. The highest BCUT2D eigenvalue weighted by Crippen LogP contribution is 2.33. The number of carbonyl (C=O) groups is 2. The van der Waals surface area contributed by atoms with Crippen LogP contribution in [0.5, 0.6) is 0 Å². The van der Waals surface area contributed by atoms with Gasteiger partial charge in [0.2, 0.25) is 0 Å². The highest BCUT2D eigenvalue weighted by atomic mass is 19.4. The quantitative estimate of drug-likeness (QED) is 0.333. The lowest BCUT2D eigenvalue weighted by molar-refractivity contribution is -0.137. The number of benzene rings is 1. The van der Waals surface area contributed by atoms with Crippen LogP contribution in [0.3, 0.4) is 0 Å². The van der Waals surface area contributed by atoms with Crippen molar-refractivity contribution in [2.24, 2.45) is 5.73 Å². The van der Waals surface area contributed by atoms with Crippen LogP contribution in [0.4, 0.5) is 19.0 Å². The van der Waals surface area contributed by atoms with E-state index < -0.39 is 23.6 Å². The van der Waals surface area contributed by atoms with Gasteiger partial charge < -0.3 is 16.9 Å². The van der Waals surface area contributed by atoms with Crippen LogP contribution in [-0.4, -0.2) is 44.4 Å². The van der Waals surface area contributed by atoms with Crippen molar-refractivity contribution in [2.75, 3.05) is 24.2 Å². The molecule has 0 bridgehead atoms. The predicted molar refractivity (Wildman–Crippen MR) is 135 cm³/mol. The van der Waals surface area contributed by atoms with Gasteiger partial charge in [0, 0.05) is 17.3 Å². The lowest BCUT2D eigenvalue weighted by Crippen LogP contribution is -2.37. The minimum atomic E-state index is -4.56. The molecule has 3 aromatic rings. The number of rotatable bonds is 6. The summed E-state index contributed by atoms with van der Waals surface area (Å²) < 4.78 is 40.1. The number of nitrogens with two attached hydrogens (primary N) is 2. The molecule has 2 aromatic heterocycles. The van der Waals surface area contributed by atoms with Crippen LogP contribution in [0, 0.1) is 11.8 Å². The van der Waals surface area contributed by atoms with E-state index in [2.05, 4.69) is 32.0 Å². The minimum Gasteiger partial charge on any atom is -0.364 e.